The molecule has 0 saturated carbocycles. The molecular formula is C14H16N2O2. The molecule has 1 aromatic heterocycles. The third-order valence-electron chi connectivity index (χ3n) is 3.43. The summed E-state index contributed by atoms with van der Waals surface area (Å²) in [5.41, 5.74) is 0. The molecule has 1 aliphatic heterocycles. The minimum atomic E-state index is -0.243. The lowest BCUT2D eigenvalue weighted by Crippen LogP contribution is -2.22. The Hall–Kier alpha value is -1.81. The first kappa shape index (κ1) is 11.3. The van der Waals surface area contributed by atoms with E-state index in [4.69, 9.17) is 4.74 Å². The Kier molecular flexibility index (Phi) is 2.80. The molecule has 1 aliphatic rings. The zero-order valence-electron chi connectivity index (χ0n) is 10.3. The van der Waals surface area contributed by atoms with Gasteiger partial charge in [-0.15, -0.1) is 0 Å². The third-order valence-corrected chi connectivity index (χ3v) is 3.43. The number of anilines is 1. The lowest BCUT2D eigenvalue weighted by Gasteiger charge is -2.19. The Morgan fingerprint density at radius 1 is 1.33 bits per heavy atom. The molecule has 1 aromatic carbocycles. The highest BCUT2D eigenvalue weighted by molar-refractivity contribution is 5.96. The molecular weight excluding hydrogens is 228 g/mol. The molecule has 2 aromatic rings. The van der Waals surface area contributed by atoms with E-state index in [1.54, 1.807) is 13.3 Å². The standard InChI is InChI=1S/C14H16N2O2/c1-18-13-4-2-3-12-11(13)5-7-15-14(12)16-8-6-10(17)9-16/h2-5,7,10,17H,6,8-9H2,1H3/t10-/m1/s1. The summed E-state index contributed by atoms with van der Waals surface area (Å²) in [6, 6.07) is 7.93. The molecule has 0 aliphatic carbocycles. The SMILES string of the molecule is COc1cccc2c(N3CC[C@@H](O)C3)nccc12. The highest BCUT2D eigenvalue weighted by Crippen LogP contribution is 2.32. The van der Waals surface area contributed by atoms with E-state index in [-0.39, 0.29) is 6.10 Å². The van der Waals surface area contributed by atoms with Crippen LogP contribution in [0.25, 0.3) is 10.8 Å². The summed E-state index contributed by atoms with van der Waals surface area (Å²) < 4.78 is 5.37. The summed E-state index contributed by atoms with van der Waals surface area (Å²) in [6.45, 7) is 1.51. The Balaban J connectivity index is 2.12. The first-order valence-corrected chi connectivity index (χ1v) is 6.14. The van der Waals surface area contributed by atoms with Crippen LogP contribution in [-0.4, -0.2) is 36.4 Å². The fourth-order valence-electron chi connectivity index (χ4n) is 2.53. The van der Waals surface area contributed by atoms with Gasteiger partial charge < -0.3 is 14.7 Å². The normalized spacial score (nSPS) is 19.4. The minimum absolute atomic E-state index is 0.243. The van der Waals surface area contributed by atoms with Gasteiger partial charge in [-0.3, -0.25) is 0 Å². The van der Waals surface area contributed by atoms with Crippen LogP contribution in [0.15, 0.2) is 30.5 Å². The van der Waals surface area contributed by atoms with Crippen LogP contribution in [0.3, 0.4) is 0 Å². The topological polar surface area (TPSA) is 45.6 Å². The second-order valence-corrected chi connectivity index (χ2v) is 4.58. The average molecular weight is 244 g/mol. The lowest BCUT2D eigenvalue weighted by molar-refractivity contribution is 0.198. The Labute approximate surface area is 106 Å². The maximum Gasteiger partial charge on any atom is 0.136 e. The molecule has 4 nitrogen and oxygen atoms in total. The summed E-state index contributed by atoms with van der Waals surface area (Å²) in [5.74, 6) is 1.79. The highest BCUT2D eigenvalue weighted by Gasteiger charge is 2.22. The van der Waals surface area contributed by atoms with E-state index in [0.717, 1.165) is 35.3 Å². The number of aromatic nitrogens is 1. The quantitative estimate of drug-likeness (QED) is 0.875. The number of aliphatic hydroxyl groups is 1. The molecule has 0 spiro atoms. The third kappa shape index (κ3) is 1.78. The molecule has 2 heterocycles. The second kappa shape index (κ2) is 4.46. The maximum absolute atomic E-state index is 9.64. The molecule has 0 unspecified atom stereocenters. The lowest BCUT2D eigenvalue weighted by atomic mass is 10.1. The van der Waals surface area contributed by atoms with Crippen LogP contribution < -0.4 is 9.64 Å². The fourth-order valence-corrected chi connectivity index (χ4v) is 2.53. The van der Waals surface area contributed by atoms with Crippen molar-refractivity contribution >= 4 is 16.6 Å². The van der Waals surface area contributed by atoms with Gasteiger partial charge in [0.15, 0.2) is 0 Å². The van der Waals surface area contributed by atoms with Crippen LogP contribution in [0.4, 0.5) is 5.82 Å². The molecule has 94 valence electrons. The summed E-state index contributed by atoms with van der Waals surface area (Å²) in [4.78, 5) is 6.59. The van der Waals surface area contributed by atoms with Crippen LogP contribution in [0.2, 0.25) is 0 Å². The van der Waals surface area contributed by atoms with E-state index in [0.29, 0.717) is 6.54 Å². The van der Waals surface area contributed by atoms with E-state index in [1.807, 2.05) is 24.3 Å². The summed E-state index contributed by atoms with van der Waals surface area (Å²) in [5, 5.41) is 11.8. The number of hydrogen-bond acceptors (Lipinski definition) is 4. The second-order valence-electron chi connectivity index (χ2n) is 4.58. The number of aliphatic hydroxyl groups excluding tert-OH is 1. The van der Waals surface area contributed by atoms with Gasteiger partial charge in [0.2, 0.25) is 0 Å². The number of hydrogen-bond donors (Lipinski definition) is 1. The van der Waals surface area contributed by atoms with Crippen molar-refractivity contribution in [3.63, 3.8) is 0 Å². The predicted molar refractivity (Wildman–Crippen MR) is 71.1 cm³/mol. The van der Waals surface area contributed by atoms with Crippen LogP contribution in [0, 0.1) is 0 Å². The molecule has 3 rings (SSSR count). The molecule has 0 amide bonds. The molecule has 0 bridgehead atoms. The molecule has 1 saturated heterocycles. The van der Waals surface area contributed by atoms with Crippen molar-refractivity contribution in [1.29, 1.82) is 0 Å². The zero-order valence-corrected chi connectivity index (χ0v) is 10.3. The van der Waals surface area contributed by atoms with Crippen molar-refractivity contribution in [3.05, 3.63) is 30.5 Å². The van der Waals surface area contributed by atoms with E-state index in [9.17, 15) is 5.11 Å². The van der Waals surface area contributed by atoms with Crippen LogP contribution in [0.1, 0.15) is 6.42 Å². The van der Waals surface area contributed by atoms with Gasteiger partial charge in [-0.05, 0) is 18.6 Å². The van der Waals surface area contributed by atoms with Crippen molar-refractivity contribution in [1.82, 2.24) is 4.98 Å². The van der Waals surface area contributed by atoms with Crippen LogP contribution in [0.5, 0.6) is 5.75 Å². The van der Waals surface area contributed by atoms with Gasteiger partial charge in [0.25, 0.3) is 0 Å². The number of benzene rings is 1. The van der Waals surface area contributed by atoms with Crippen molar-refractivity contribution in [3.8, 4) is 5.75 Å². The van der Waals surface area contributed by atoms with Gasteiger partial charge in [0.05, 0.1) is 13.2 Å². The number of methoxy groups -OCH3 is 1. The van der Waals surface area contributed by atoms with Crippen molar-refractivity contribution in [2.24, 2.45) is 0 Å². The minimum Gasteiger partial charge on any atom is -0.496 e. The molecule has 1 fully saturated rings. The van der Waals surface area contributed by atoms with E-state index in [2.05, 4.69) is 9.88 Å². The smallest absolute Gasteiger partial charge is 0.136 e. The van der Waals surface area contributed by atoms with Gasteiger partial charge in [-0.2, -0.15) is 0 Å². The van der Waals surface area contributed by atoms with Gasteiger partial charge in [0, 0.05) is 30.1 Å². The van der Waals surface area contributed by atoms with Gasteiger partial charge in [0.1, 0.15) is 11.6 Å². The van der Waals surface area contributed by atoms with Crippen molar-refractivity contribution in [2.45, 2.75) is 12.5 Å². The number of ether oxygens (including phenoxy) is 1. The van der Waals surface area contributed by atoms with E-state index < -0.39 is 0 Å². The first-order valence-electron chi connectivity index (χ1n) is 6.14. The molecule has 4 heteroatoms. The maximum atomic E-state index is 9.64. The Morgan fingerprint density at radius 2 is 2.22 bits per heavy atom. The van der Waals surface area contributed by atoms with Crippen molar-refractivity contribution < 1.29 is 9.84 Å². The number of pyridine rings is 1. The molecule has 1 N–H and O–H groups in total. The monoisotopic (exact) mass is 244 g/mol. The van der Waals surface area contributed by atoms with Gasteiger partial charge >= 0.3 is 0 Å². The number of fused-ring (bicyclic) bond motifs is 1. The van der Waals surface area contributed by atoms with Gasteiger partial charge in [-0.1, -0.05) is 12.1 Å². The predicted octanol–water partition coefficient (Wildman–Crippen LogP) is 1.81. The van der Waals surface area contributed by atoms with E-state index >= 15 is 0 Å². The number of rotatable bonds is 2. The molecule has 18 heavy (non-hydrogen) atoms. The fraction of sp³-hybridized carbons (Fsp3) is 0.357. The van der Waals surface area contributed by atoms with Crippen molar-refractivity contribution in [2.75, 3.05) is 25.1 Å². The summed E-state index contributed by atoms with van der Waals surface area (Å²) in [7, 11) is 1.68. The zero-order chi connectivity index (χ0) is 12.5. The van der Waals surface area contributed by atoms with Gasteiger partial charge in [-0.25, -0.2) is 4.98 Å². The first-order chi connectivity index (χ1) is 8.79. The summed E-state index contributed by atoms with van der Waals surface area (Å²) >= 11 is 0. The average Bonchev–Trinajstić information content (AvgIpc) is 2.84. The number of β-amino-alcohol motifs (C(OH)–C–C–N with tert-alkyl or cyclic N) is 1. The Bertz CT molecular complexity index is 571. The van der Waals surface area contributed by atoms with Crippen LogP contribution >= 0.6 is 0 Å². The van der Waals surface area contributed by atoms with E-state index in [1.165, 1.54) is 0 Å². The highest BCUT2D eigenvalue weighted by atomic mass is 16.5. The number of nitrogens with zero attached hydrogens (tertiary/aromatic N) is 2. The molecule has 0 radical (unpaired) electrons. The largest absolute Gasteiger partial charge is 0.496 e. The van der Waals surface area contributed by atoms with Crippen LogP contribution in [-0.2, 0) is 0 Å². The Morgan fingerprint density at radius 3 is 2.94 bits per heavy atom. The summed E-state index contributed by atoms with van der Waals surface area (Å²) in [6.07, 6.45) is 2.36. The molecule has 1 atom stereocenters.